The van der Waals surface area contributed by atoms with Crippen LogP contribution in [0.5, 0.6) is 0 Å². The van der Waals surface area contributed by atoms with Gasteiger partial charge in [-0.25, -0.2) is 4.98 Å². The van der Waals surface area contributed by atoms with Crippen molar-refractivity contribution in [3.05, 3.63) is 44.7 Å². The third-order valence-corrected chi connectivity index (χ3v) is 4.70. The number of pyridine rings is 1. The van der Waals surface area contributed by atoms with Crippen LogP contribution in [0, 0.1) is 0 Å². The van der Waals surface area contributed by atoms with Crippen LogP contribution in [0.2, 0.25) is 0 Å². The Morgan fingerprint density at radius 3 is 2.95 bits per heavy atom. The molecular formula is C14H14BrClN2S. The largest absolute Gasteiger partial charge is 0.349 e. The van der Waals surface area contributed by atoms with Gasteiger partial charge in [0.1, 0.15) is 5.82 Å². The van der Waals surface area contributed by atoms with Crippen LogP contribution in [-0.2, 0) is 12.4 Å². The number of rotatable bonds is 5. The lowest BCUT2D eigenvalue weighted by Gasteiger charge is -2.25. The molecule has 19 heavy (non-hydrogen) atoms. The molecule has 0 spiro atoms. The molecule has 3 rings (SSSR count). The molecule has 1 fully saturated rings. The van der Waals surface area contributed by atoms with Crippen molar-refractivity contribution in [1.29, 1.82) is 0 Å². The molecule has 0 radical (unpaired) electrons. The Hall–Kier alpha value is -0.580. The summed E-state index contributed by atoms with van der Waals surface area (Å²) in [7, 11) is 0. The second-order valence-electron chi connectivity index (χ2n) is 4.76. The molecule has 0 aliphatic heterocycles. The summed E-state index contributed by atoms with van der Waals surface area (Å²) in [5.41, 5.74) is 2.44. The molecular weight excluding hydrogens is 344 g/mol. The average Bonchev–Trinajstić information content (AvgIpc) is 3.13. The number of nitrogens with zero attached hydrogens (tertiary/aromatic N) is 2. The zero-order valence-corrected chi connectivity index (χ0v) is 13.5. The predicted octanol–water partition coefficient (Wildman–Crippen LogP) is 4.81. The number of anilines is 1. The molecule has 2 aromatic rings. The first kappa shape index (κ1) is 13.4. The van der Waals surface area contributed by atoms with E-state index in [-0.39, 0.29) is 0 Å². The van der Waals surface area contributed by atoms with Gasteiger partial charge in [0.25, 0.3) is 0 Å². The Bertz CT molecular complexity index is 555. The van der Waals surface area contributed by atoms with E-state index in [0.29, 0.717) is 11.9 Å². The van der Waals surface area contributed by atoms with Crippen molar-refractivity contribution in [3.63, 3.8) is 0 Å². The number of thiophene rings is 1. The molecule has 0 N–H and O–H groups in total. The Kier molecular flexibility index (Phi) is 4.10. The fraction of sp³-hybridized carbons (Fsp3) is 0.357. The highest BCUT2D eigenvalue weighted by Crippen LogP contribution is 2.35. The van der Waals surface area contributed by atoms with Gasteiger partial charge in [-0.15, -0.1) is 11.6 Å². The average molecular weight is 358 g/mol. The summed E-state index contributed by atoms with van der Waals surface area (Å²) in [4.78, 5) is 6.98. The number of halogens is 2. The van der Waals surface area contributed by atoms with Crippen LogP contribution in [0.25, 0.3) is 0 Å². The van der Waals surface area contributed by atoms with Crippen LogP contribution in [0.4, 0.5) is 5.82 Å². The Labute approximate surface area is 130 Å². The smallest absolute Gasteiger partial charge is 0.133 e. The zero-order chi connectivity index (χ0) is 13.2. The van der Waals surface area contributed by atoms with E-state index in [1.807, 2.05) is 6.20 Å². The van der Waals surface area contributed by atoms with E-state index >= 15 is 0 Å². The third-order valence-electron chi connectivity index (χ3n) is 3.25. The lowest BCUT2D eigenvalue weighted by Crippen LogP contribution is -2.26. The molecule has 0 atom stereocenters. The molecule has 2 heterocycles. The van der Waals surface area contributed by atoms with Gasteiger partial charge < -0.3 is 4.90 Å². The number of aromatic nitrogens is 1. The molecule has 2 aromatic heterocycles. The van der Waals surface area contributed by atoms with Crippen LogP contribution in [-0.4, -0.2) is 11.0 Å². The van der Waals surface area contributed by atoms with Gasteiger partial charge in [0.05, 0.1) is 5.88 Å². The number of alkyl halides is 1. The van der Waals surface area contributed by atoms with Crippen LogP contribution in [0.1, 0.15) is 24.0 Å². The van der Waals surface area contributed by atoms with Crippen molar-refractivity contribution in [3.8, 4) is 0 Å². The van der Waals surface area contributed by atoms with E-state index in [2.05, 4.69) is 48.7 Å². The molecule has 1 saturated carbocycles. The van der Waals surface area contributed by atoms with E-state index in [1.165, 1.54) is 18.4 Å². The van der Waals surface area contributed by atoms with Gasteiger partial charge in [-0.1, -0.05) is 0 Å². The van der Waals surface area contributed by atoms with E-state index < -0.39 is 0 Å². The highest BCUT2D eigenvalue weighted by atomic mass is 79.9. The van der Waals surface area contributed by atoms with Gasteiger partial charge in [0.2, 0.25) is 0 Å². The maximum atomic E-state index is 6.07. The van der Waals surface area contributed by atoms with Crippen molar-refractivity contribution in [1.82, 2.24) is 4.98 Å². The Morgan fingerprint density at radius 2 is 2.32 bits per heavy atom. The summed E-state index contributed by atoms with van der Waals surface area (Å²) in [6, 6.07) is 4.87. The number of hydrogen-bond donors (Lipinski definition) is 0. The van der Waals surface area contributed by atoms with E-state index in [9.17, 15) is 0 Å². The molecule has 0 saturated heterocycles. The molecule has 0 amide bonds. The molecule has 100 valence electrons. The standard InChI is InChI=1S/C14H14BrClN2S/c15-12-5-11(6-16)14(17-7-12)18(13-1-2-13)8-10-3-4-19-9-10/h3-5,7,9,13H,1-2,6,8H2. The first-order chi connectivity index (χ1) is 9.28. The first-order valence-electron chi connectivity index (χ1n) is 6.26. The molecule has 5 heteroatoms. The molecule has 0 aromatic carbocycles. The van der Waals surface area contributed by atoms with Gasteiger partial charge in [0.15, 0.2) is 0 Å². The first-order valence-corrected chi connectivity index (χ1v) is 8.53. The van der Waals surface area contributed by atoms with E-state index in [0.717, 1.165) is 22.4 Å². The SMILES string of the molecule is ClCc1cc(Br)cnc1N(Cc1ccsc1)C1CC1. The van der Waals surface area contributed by atoms with Gasteiger partial charge >= 0.3 is 0 Å². The maximum absolute atomic E-state index is 6.07. The second kappa shape index (κ2) is 5.81. The predicted molar refractivity (Wildman–Crippen MR) is 85.0 cm³/mol. The summed E-state index contributed by atoms with van der Waals surface area (Å²) in [6.07, 6.45) is 4.36. The molecule has 1 aliphatic carbocycles. The third kappa shape index (κ3) is 3.12. The summed E-state index contributed by atoms with van der Waals surface area (Å²) >= 11 is 11.3. The van der Waals surface area contributed by atoms with Crippen LogP contribution in [0.15, 0.2) is 33.6 Å². The van der Waals surface area contributed by atoms with Crippen LogP contribution in [0.3, 0.4) is 0 Å². The Balaban J connectivity index is 1.91. The minimum Gasteiger partial charge on any atom is -0.349 e. The second-order valence-corrected chi connectivity index (χ2v) is 6.72. The van der Waals surface area contributed by atoms with Crippen molar-refractivity contribution in [2.45, 2.75) is 31.3 Å². The van der Waals surface area contributed by atoms with Crippen molar-refractivity contribution >= 4 is 44.7 Å². The molecule has 0 bridgehead atoms. The van der Waals surface area contributed by atoms with E-state index in [4.69, 9.17) is 11.6 Å². The lowest BCUT2D eigenvalue weighted by molar-refractivity contribution is 0.774. The highest BCUT2D eigenvalue weighted by Gasteiger charge is 2.31. The van der Waals surface area contributed by atoms with Crippen molar-refractivity contribution in [2.75, 3.05) is 4.90 Å². The van der Waals surface area contributed by atoms with Gasteiger partial charge in [-0.3, -0.25) is 0 Å². The molecule has 0 unspecified atom stereocenters. The van der Waals surface area contributed by atoms with Gasteiger partial charge in [-0.2, -0.15) is 11.3 Å². The van der Waals surface area contributed by atoms with E-state index in [1.54, 1.807) is 11.3 Å². The summed E-state index contributed by atoms with van der Waals surface area (Å²) in [5.74, 6) is 1.53. The van der Waals surface area contributed by atoms with Crippen LogP contribution < -0.4 is 4.90 Å². The summed E-state index contributed by atoms with van der Waals surface area (Å²) in [6.45, 7) is 0.923. The minimum absolute atomic E-state index is 0.495. The lowest BCUT2D eigenvalue weighted by atomic mass is 10.2. The minimum atomic E-state index is 0.495. The summed E-state index contributed by atoms with van der Waals surface area (Å²) in [5, 5.41) is 4.33. The highest BCUT2D eigenvalue weighted by molar-refractivity contribution is 9.10. The monoisotopic (exact) mass is 356 g/mol. The maximum Gasteiger partial charge on any atom is 0.133 e. The molecule has 1 aliphatic rings. The van der Waals surface area contributed by atoms with Crippen molar-refractivity contribution < 1.29 is 0 Å². The quantitative estimate of drug-likeness (QED) is 0.714. The number of hydrogen-bond acceptors (Lipinski definition) is 3. The normalized spacial score (nSPS) is 14.6. The fourth-order valence-corrected chi connectivity index (χ4v) is 3.41. The van der Waals surface area contributed by atoms with Gasteiger partial charge in [-0.05, 0) is 57.2 Å². The Morgan fingerprint density at radius 1 is 1.47 bits per heavy atom. The van der Waals surface area contributed by atoms with Crippen molar-refractivity contribution in [2.24, 2.45) is 0 Å². The van der Waals surface area contributed by atoms with Crippen LogP contribution >= 0.6 is 38.9 Å². The molecule has 2 nitrogen and oxygen atoms in total. The zero-order valence-electron chi connectivity index (χ0n) is 10.4. The fourth-order valence-electron chi connectivity index (χ4n) is 2.17. The van der Waals surface area contributed by atoms with Gasteiger partial charge in [0, 0.05) is 28.8 Å². The summed E-state index contributed by atoms with van der Waals surface area (Å²) < 4.78 is 0.984. The topological polar surface area (TPSA) is 16.1 Å².